The lowest BCUT2D eigenvalue weighted by Crippen LogP contribution is -2.34. The molecule has 3 heterocycles. The van der Waals surface area contributed by atoms with Gasteiger partial charge in [0.2, 0.25) is 16.0 Å². The standard InChI is InChI=1S/C26H35N5O6S/c1-16(2)37-24(20-11-10-17(3)14-27-20)18(4)38(32,33)30-26-29-28-25(19-12-13-36-15-19)31(26)23-21(34-5)8-7-9-22(23)35-6/h7-11,14,16,18-19,24H,12-13,15H2,1-6H3,(H,29,30)/t18?,19-,24?/m0/s1. The molecule has 206 valence electrons. The predicted molar refractivity (Wildman–Crippen MR) is 143 cm³/mol. The van der Waals surface area contributed by atoms with Crippen LogP contribution in [-0.4, -0.2) is 67.0 Å². The minimum absolute atomic E-state index is 0.0155. The Balaban J connectivity index is 1.78. The van der Waals surface area contributed by atoms with E-state index < -0.39 is 21.4 Å². The van der Waals surface area contributed by atoms with Gasteiger partial charge in [0.1, 0.15) is 34.4 Å². The van der Waals surface area contributed by atoms with Crippen molar-refractivity contribution in [3.8, 4) is 17.2 Å². The molecule has 4 rings (SSSR count). The summed E-state index contributed by atoms with van der Waals surface area (Å²) in [5.74, 6) is 1.43. The molecule has 1 N–H and O–H groups in total. The van der Waals surface area contributed by atoms with Crippen molar-refractivity contribution in [1.29, 1.82) is 0 Å². The molecule has 11 nitrogen and oxygen atoms in total. The van der Waals surface area contributed by atoms with E-state index >= 15 is 0 Å². The summed E-state index contributed by atoms with van der Waals surface area (Å²) in [4.78, 5) is 4.44. The van der Waals surface area contributed by atoms with E-state index in [1.165, 1.54) is 14.2 Å². The molecule has 0 radical (unpaired) electrons. The van der Waals surface area contributed by atoms with Crippen LogP contribution in [0.1, 0.15) is 56.3 Å². The number of methoxy groups -OCH3 is 2. The van der Waals surface area contributed by atoms with Gasteiger partial charge in [0.05, 0.1) is 32.6 Å². The number of para-hydroxylation sites is 1. The molecule has 0 bridgehead atoms. The van der Waals surface area contributed by atoms with Gasteiger partial charge in [-0.1, -0.05) is 12.1 Å². The number of rotatable bonds is 11. The van der Waals surface area contributed by atoms with Gasteiger partial charge in [-0.05, 0) is 57.9 Å². The number of nitrogens with one attached hydrogen (secondary N) is 1. The zero-order chi connectivity index (χ0) is 27.4. The molecule has 1 aliphatic heterocycles. The molecule has 2 unspecified atom stereocenters. The highest BCUT2D eigenvalue weighted by molar-refractivity contribution is 7.93. The number of benzene rings is 1. The Bertz CT molecular complexity index is 1310. The second-order valence-corrected chi connectivity index (χ2v) is 11.5. The summed E-state index contributed by atoms with van der Waals surface area (Å²) in [7, 11) is -0.973. The molecule has 38 heavy (non-hydrogen) atoms. The molecule has 3 atom stereocenters. The molecule has 0 amide bonds. The molecule has 3 aromatic rings. The first-order valence-corrected chi connectivity index (χ1v) is 14.0. The fourth-order valence-corrected chi connectivity index (χ4v) is 5.48. The summed E-state index contributed by atoms with van der Waals surface area (Å²) in [5, 5.41) is 7.63. The van der Waals surface area contributed by atoms with Gasteiger partial charge in [0.15, 0.2) is 0 Å². The molecular weight excluding hydrogens is 510 g/mol. The average molecular weight is 546 g/mol. The third-order valence-electron chi connectivity index (χ3n) is 6.40. The third kappa shape index (κ3) is 5.77. The average Bonchev–Trinajstić information content (AvgIpc) is 3.56. The quantitative estimate of drug-likeness (QED) is 0.383. The summed E-state index contributed by atoms with van der Waals surface area (Å²) < 4.78 is 54.8. The van der Waals surface area contributed by atoms with Crippen LogP contribution in [-0.2, 0) is 19.5 Å². The van der Waals surface area contributed by atoms with Crippen LogP contribution in [0.4, 0.5) is 5.95 Å². The van der Waals surface area contributed by atoms with Gasteiger partial charge < -0.3 is 18.9 Å². The highest BCUT2D eigenvalue weighted by Crippen LogP contribution is 2.38. The van der Waals surface area contributed by atoms with Crippen molar-refractivity contribution in [3.63, 3.8) is 0 Å². The maximum Gasteiger partial charge on any atom is 0.243 e. The molecule has 0 spiro atoms. The number of hydrogen-bond acceptors (Lipinski definition) is 9. The van der Waals surface area contributed by atoms with Gasteiger partial charge in [-0.15, -0.1) is 10.2 Å². The van der Waals surface area contributed by atoms with Crippen molar-refractivity contribution in [2.45, 2.75) is 57.5 Å². The fraction of sp³-hybridized carbons (Fsp3) is 0.500. The van der Waals surface area contributed by atoms with Gasteiger partial charge in [0, 0.05) is 18.7 Å². The molecular formula is C26H35N5O6S. The summed E-state index contributed by atoms with van der Waals surface area (Å²) in [6.45, 7) is 8.25. The van der Waals surface area contributed by atoms with Gasteiger partial charge in [-0.25, -0.2) is 8.42 Å². The third-order valence-corrected chi connectivity index (χ3v) is 8.10. The van der Waals surface area contributed by atoms with E-state index in [-0.39, 0.29) is 18.0 Å². The van der Waals surface area contributed by atoms with Crippen LogP contribution in [0.25, 0.3) is 5.69 Å². The lowest BCUT2D eigenvalue weighted by atomic mass is 10.1. The van der Waals surface area contributed by atoms with Crippen molar-refractivity contribution in [3.05, 3.63) is 53.6 Å². The van der Waals surface area contributed by atoms with E-state index in [1.807, 2.05) is 26.8 Å². The first-order chi connectivity index (χ1) is 18.2. The maximum absolute atomic E-state index is 13.8. The topological polar surface area (TPSA) is 127 Å². The van der Waals surface area contributed by atoms with E-state index in [9.17, 15) is 8.42 Å². The largest absolute Gasteiger partial charge is 0.494 e. The SMILES string of the molecule is COc1cccc(OC)c1-n1c(NS(=O)(=O)C(C)C(OC(C)C)c2ccc(C)cn2)nnc1[C@H]1CCOC1. The Kier molecular flexibility index (Phi) is 8.54. The molecule has 1 saturated heterocycles. The van der Waals surface area contributed by atoms with E-state index in [4.69, 9.17) is 18.9 Å². The first kappa shape index (κ1) is 27.8. The summed E-state index contributed by atoms with van der Waals surface area (Å²) in [5.41, 5.74) is 1.98. The highest BCUT2D eigenvalue weighted by atomic mass is 32.2. The fourth-order valence-electron chi connectivity index (χ4n) is 4.38. The zero-order valence-electron chi connectivity index (χ0n) is 22.5. The van der Waals surface area contributed by atoms with Crippen molar-refractivity contribution in [1.82, 2.24) is 19.7 Å². The van der Waals surface area contributed by atoms with Crippen LogP contribution in [0, 0.1) is 6.92 Å². The van der Waals surface area contributed by atoms with Crippen LogP contribution < -0.4 is 14.2 Å². The molecule has 0 aliphatic carbocycles. The number of aryl methyl sites for hydroxylation is 1. The van der Waals surface area contributed by atoms with E-state index in [1.54, 1.807) is 42.0 Å². The molecule has 1 aromatic carbocycles. The number of nitrogens with zero attached hydrogens (tertiary/aromatic N) is 4. The number of hydrogen-bond donors (Lipinski definition) is 1. The molecule has 12 heteroatoms. The van der Waals surface area contributed by atoms with Gasteiger partial charge in [0.25, 0.3) is 0 Å². The lowest BCUT2D eigenvalue weighted by molar-refractivity contribution is 0.00416. The second-order valence-electron chi connectivity index (χ2n) is 9.51. The lowest BCUT2D eigenvalue weighted by Gasteiger charge is -2.26. The Morgan fingerprint density at radius 2 is 1.79 bits per heavy atom. The van der Waals surface area contributed by atoms with Gasteiger partial charge in [-0.2, -0.15) is 0 Å². The zero-order valence-corrected chi connectivity index (χ0v) is 23.4. The molecule has 1 fully saturated rings. The van der Waals surface area contributed by atoms with Gasteiger partial charge >= 0.3 is 0 Å². The van der Waals surface area contributed by atoms with Crippen LogP contribution in [0.3, 0.4) is 0 Å². The van der Waals surface area contributed by atoms with Crippen molar-refractivity contribution in [2.24, 2.45) is 0 Å². The summed E-state index contributed by atoms with van der Waals surface area (Å²) in [6, 6.07) is 8.99. The molecule has 1 aliphatic rings. The van der Waals surface area contributed by atoms with Crippen LogP contribution >= 0.6 is 0 Å². The van der Waals surface area contributed by atoms with E-state index in [0.717, 1.165) is 12.0 Å². The summed E-state index contributed by atoms with van der Waals surface area (Å²) in [6.07, 6.45) is 1.38. The predicted octanol–water partition coefficient (Wildman–Crippen LogP) is 3.79. The number of pyridine rings is 1. The van der Waals surface area contributed by atoms with Crippen LogP contribution in [0.5, 0.6) is 11.5 Å². The number of sulfonamides is 1. The molecule has 0 saturated carbocycles. The van der Waals surface area contributed by atoms with E-state index in [2.05, 4.69) is 19.9 Å². The van der Waals surface area contributed by atoms with Crippen molar-refractivity contribution < 1.29 is 27.4 Å². The van der Waals surface area contributed by atoms with Crippen LogP contribution in [0.15, 0.2) is 36.5 Å². The number of anilines is 1. The van der Waals surface area contributed by atoms with Crippen molar-refractivity contribution >= 4 is 16.0 Å². The highest BCUT2D eigenvalue weighted by Gasteiger charge is 2.36. The summed E-state index contributed by atoms with van der Waals surface area (Å²) >= 11 is 0. The Morgan fingerprint density at radius 1 is 1.08 bits per heavy atom. The second kappa shape index (κ2) is 11.7. The minimum atomic E-state index is -4.05. The Hall–Kier alpha value is -3.22. The monoisotopic (exact) mass is 545 g/mol. The maximum atomic E-state index is 13.8. The minimum Gasteiger partial charge on any atom is -0.494 e. The van der Waals surface area contributed by atoms with E-state index in [0.29, 0.717) is 41.9 Å². The van der Waals surface area contributed by atoms with Crippen LogP contribution in [0.2, 0.25) is 0 Å². The number of aromatic nitrogens is 4. The molecule has 2 aromatic heterocycles. The normalized spacial score (nSPS) is 17.4. The number of ether oxygens (including phenoxy) is 4. The van der Waals surface area contributed by atoms with Crippen molar-refractivity contribution in [2.75, 3.05) is 32.2 Å². The first-order valence-electron chi connectivity index (χ1n) is 12.5. The smallest absolute Gasteiger partial charge is 0.243 e. The Morgan fingerprint density at radius 3 is 2.34 bits per heavy atom. The Labute approximate surface area is 223 Å². The van der Waals surface area contributed by atoms with Gasteiger partial charge in [-0.3, -0.25) is 14.3 Å².